The van der Waals surface area contributed by atoms with E-state index < -0.39 is 11.9 Å². The summed E-state index contributed by atoms with van der Waals surface area (Å²) < 4.78 is 0. The molecule has 1 amide bonds. The van der Waals surface area contributed by atoms with Crippen molar-refractivity contribution in [2.24, 2.45) is 5.73 Å². The van der Waals surface area contributed by atoms with Crippen molar-refractivity contribution in [3.8, 4) is 0 Å². The molecule has 82 valence electrons. The number of halogens is 1. The normalized spacial score (nSPS) is 24.5. The lowest BCUT2D eigenvalue weighted by molar-refractivity contribution is -0.125. The Kier molecular flexibility index (Phi) is 3.34. The van der Waals surface area contributed by atoms with E-state index in [9.17, 15) is 10.0 Å². The molecule has 1 heterocycles. The molecule has 1 aromatic carbocycles. The van der Waals surface area contributed by atoms with Crippen molar-refractivity contribution < 1.29 is 10.0 Å². The van der Waals surface area contributed by atoms with E-state index in [0.717, 1.165) is 5.56 Å². The second-order valence-electron chi connectivity index (χ2n) is 3.52. The molecule has 0 spiro atoms. The first-order valence-corrected chi connectivity index (χ1v) is 4.50. The first-order chi connectivity index (χ1) is 6.63. The second-order valence-corrected chi connectivity index (χ2v) is 3.52. The van der Waals surface area contributed by atoms with Crippen molar-refractivity contribution >= 4 is 24.0 Å². The summed E-state index contributed by atoms with van der Waals surface area (Å²) in [5.74, 6) is -0.502. The van der Waals surface area contributed by atoms with Gasteiger partial charge in [-0.2, -0.15) is 5.06 Å². The zero-order valence-corrected chi connectivity index (χ0v) is 9.07. The van der Waals surface area contributed by atoms with E-state index in [1.165, 1.54) is 0 Å². The number of hydrogen-bond acceptors (Lipinski definition) is 3. The number of nitrogens with zero attached hydrogens (tertiary/aromatic N) is 1. The highest BCUT2D eigenvalue weighted by Crippen LogP contribution is 2.33. The largest absolute Gasteiger partial charge is 0.319 e. The number of amides is 1. The van der Waals surface area contributed by atoms with Gasteiger partial charge in [0.05, 0.1) is 11.7 Å². The lowest BCUT2D eigenvalue weighted by Crippen LogP contribution is -2.49. The molecule has 4 nitrogen and oxygen atoms in total. The van der Waals surface area contributed by atoms with Crippen LogP contribution in [0, 0.1) is 0 Å². The molecule has 0 fully saturated rings. The van der Waals surface area contributed by atoms with E-state index in [0.29, 0.717) is 10.8 Å². The smallest absolute Gasteiger partial charge is 0.268 e. The number of hydroxylamine groups is 1. The van der Waals surface area contributed by atoms with Gasteiger partial charge in [0, 0.05) is 5.92 Å². The van der Waals surface area contributed by atoms with Gasteiger partial charge in [-0.1, -0.05) is 25.1 Å². The fourth-order valence-electron chi connectivity index (χ4n) is 1.73. The minimum Gasteiger partial charge on any atom is -0.319 e. The Morgan fingerprint density at radius 2 is 2.00 bits per heavy atom. The topological polar surface area (TPSA) is 66.6 Å². The van der Waals surface area contributed by atoms with Crippen LogP contribution in [0.5, 0.6) is 0 Å². The summed E-state index contributed by atoms with van der Waals surface area (Å²) in [7, 11) is 0. The predicted molar refractivity (Wildman–Crippen MR) is 59.4 cm³/mol. The number of fused-ring (bicyclic) bond motifs is 1. The Hall–Kier alpha value is -1.10. The molecule has 15 heavy (non-hydrogen) atoms. The molecule has 0 aliphatic carbocycles. The fraction of sp³-hybridized carbons (Fsp3) is 0.300. The molecular formula is C10H13ClN2O2. The molecule has 0 saturated heterocycles. The standard InChI is InChI=1S/C10H12N2O2.ClH/c1-6-7-4-2-3-5-8(7)12(14)10(13)9(6)11;/h2-6,9,14H,11H2,1H3;1H. The van der Waals surface area contributed by atoms with Crippen molar-refractivity contribution in [3.05, 3.63) is 29.8 Å². The van der Waals surface area contributed by atoms with E-state index in [2.05, 4.69) is 0 Å². The molecule has 2 atom stereocenters. The molecule has 0 saturated carbocycles. The van der Waals surface area contributed by atoms with Crippen LogP contribution in [0.1, 0.15) is 18.4 Å². The van der Waals surface area contributed by atoms with Crippen LogP contribution in [0.4, 0.5) is 5.69 Å². The summed E-state index contributed by atoms with van der Waals surface area (Å²) in [6.45, 7) is 1.88. The van der Waals surface area contributed by atoms with Gasteiger partial charge < -0.3 is 5.73 Å². The van der Waals surface area contributed by atoms with Gasteiger partial charge in [-0.15, -0.1) is 12.4 Å². The maximum Gasteiger partial charge on any atom is 0.268 e. The van der Waals surface area contributed by atoms with E-state index in [1.807, 2.05) is 19.1 Å². The molecular weight excluding hydrogens is 216 g/mol. The van der Waals surface area contributed by atoms with Crippen molar-refractivity contribution in [1.82, 2.24) is 0 Å². The molecule has 1 aliphatic rings. The summed E-state index contributed by atoms with van der Waals surface area (Å²) in [5.41, 5.74) is 7.11. The average molecular weight is 229 g/mol. The third-order valence-corrected chi connectivity index (χ3v) is 2.69. The van der Waals surface area contributed by atoms with Crippen LogP contribution in [0.3, 0.4) is 0 Å². The fourth-order valence-corrected chi connectivity index (χ4v) is 1.73. The summed E-state index contributed by atoms with van der Waals surface area (Å²) in [4.78, 5) is 11.4. The van der Waals surface area contributed by atoms with Crippen LogP contribution in [0.2, 0.25) is 0 Å². The minimum atomic E-state index is -0.658. The van der Waals surface area contributed by atoms with E-state index >= 15 is 0 Å². The Bertz CT molecular complexity index is 383. The Morgan fingerprint density at radius 3 is 2.67 bits per heavy atom. The molecule has 1 aromatic rings. The van der Waals surface area contributed by atoms with Crippen LogP contribution in [0.15, 0.2) is 24.3 Å². The number of anilines is 1. The highest BCUT2D eigenvalue weighted by atomic mass is 35.5. The molecule has 0 aromatic heterocycles. The Morgan fingerprint density at radius 1 is 1.40 bits per heavy atom. The molecule has 0 radical (unpaired) electrons. The summed E-state index contributed by atoms with van der Waals surface area (Å²) in [6.07, 6.45) is 0. The Labute approximate surface area is 94.0 Å². The summed E-state index contributed by atoms with van der Waals surface area (Å²) in [5, 5.41) is 10.2. The number of carbonyl (C=O) groups excluding carboxylic acids is 1. The monoisotopic (exact) mass is 228 g/mol. The van der Waals surface area contributed by atoms with Gasteiger partial charge >= 0.3 is 0 Å². The zero-order valence-electron chi connectivity index (χ0n) is 8.25. The van der Waals surface area contributed by atoms with Gasteiger partial charge in [-0.25, -0.2) is 0 Å². The molecule has 3 N–H and O–H groups in total. The quantitative estimate of drug-likeness (QED) is 0.658. The van der Waals surface area contributed by atoms with Crippen LogP contribution in [-0.2, 0) is 4.79 Å². The highest BCUT2D eigenvalue weighted by molar-refractivity contribution is 5.98. The maximum atomic E-state index is 11.4. The van der Waals surface area contributed by atoms with Gasteiger partial charge in [0.1, 0.15) is 0 Å². The van der Waals surface area contributed by atoms with Gasteiger partial charge in [-0.3, -0.25) is 10.0 Å². The van der Waals surface area contributed by atoms with Gasteiger partial charge in [0.2, 0.25) is 0 Å². The summed E-state index contributed by atoms with van der Waals surface area (Å²) in [6, 6.07) is 6.56. The number of nitrogens with two attached hydrogens (primary N) is 1. The van der Waals surface area contributed by atoms with E-state index in [-0.39, 0.29) is 18.3 Å². The van der Waals surface area contributed by atoms with Crippen LogP contribution in [-0.4, -0.2) is 17.2 Å². The third kappa shape index (κ3) is 1.71. The predicted octanol–water partition coefficient (Wildman–Crippen LogP) is 1.27. The number of benzene rings is 1. The molecule has 0 bridgehead atoms. The number of carbonyl (C=O) groups is 1. The second kappa shape index (κ2) is 4.18. The lowest BCUT2D eigenvalue weighted by Gasteiger charge is -2.32. The van der Waals surface area contributed by atoms with Crippen molar-refractivity contribution in [3.63, 3.8) is 0 Å². The number of hydrogen-bond donors (Lipinski definition) is 2. The molecule has 2 unspecified atom stereocenters. The van der Waals surface area contributed by atoms with Gasteiger partial charge in [-0.05, 0) is 11.6 Å². The van der Waals surface area contributed by atoms with Crippen LogP contribution in [0.25, 0.3) is 0 Å². The zero-order chi connectivity index (χ0) is 10.3. The van der Waals surface area contributed by atoms with E-state index in [4.69, 9.17) is 5.73 Å². The summed E-state index contributed by atoms with van der Waals surface area (Å²) >= 11 is 0. The third-order valence-electron chi connectivity index (χ3n) is 2.69. The average Bonchev–Trinajstić information content (AvgIpc) is 2.23. The number of rotatable bonds is 0. The number of para-hydroxylation sites is 1. The lowest BCUT2D eigenvalue weighted by atomic mass is 9.88. The van der Waals surface area contributed by atoms with Crippen molar-refractivity contribution in [2.45, 2.75) is 18.9 Å². The SMILES string of the molecule is CC1c2ccccc2N(O)C(=O)C1N.Cl. The van der Waals surface area contributed by atoms with Crippen molar-refractivity contribution in [1.29, 1.82) is 0 Å². The van der Waals surface area contributed by atoms with Crippen molar-refractivity contribution in [2.75, 3.05) is 5.06 Å². The van der Waals surface area contributed by atoms with Crippen LogP contribution < -0.4 is 10.8 Å². The minimum absolute atomic E-state index is 0. The van der Waals surface area contributed by atoms with Crippen LogP contribution >= 0.6 is 12.4 Å². The van der Waals surface area contributed by atoms with Gasteiger partial charge in [0.25, 0.3) is 5.91 Å². The Balaban J connectivity index is 0.00000112. The molecule has 5 heteroatoms. The molecule has 1 aliphatic heterocycles. The first-order valence-electron chi connectivity index (χ1n) is 4.50. The first kappa shape index (κ1) is 12.0. The molecule has 2 rings (SSSR count). The van der Waals surface area contributed by atoms with Gasteiger partial charge in [0.15, 0.2) is 0 Å². The highest BCUT2D eigenvalue weighted by Gasteiger charge is 2.34. The maximum absolute atomic E-state index is 11.4. The van der Waals surface area contributed by atoms with E-state index in [1.54, 1.807) is 12.1 Å².